The van der Waals surface area contributed by atoms with E-state index in [-0.39, 0.29) is 5.91 Å². The van der Waals surface area contributed by atoms with E-state index in [4.69, 9.17) is 12.2 Å². The van der Waals surface area contributed by atoms with Crippen molar-refractivity contribution in [1.82, 2.24) is 4.57 Å². The first kappa shape index (κ1) is 19.0. The molecule has 1 fully saturated rings. The van der Waals surface area contributed by atoms with Crippen molar-refractivity contribution in [3.63, 3.8) is 0 Å². The number of fused-ring (bicyclic) bond motifs is 1. The Morgan fingerprint density at radius 2 is 1.82 bits per heavy atom. The molecule has 0 bridgehead atoms. The van der Waals surface area contributed by atoms with Crippen molar-refractivity contribution in [2.24, 2.45) is 0 Å². The van der Waals surface area contributed by atoms with Gasteiger partial charge < -0.3 is 4.57 Å². The molecule has 3 nitrogen and oxygen atoms in total. The van der Waals surface area contributed by atoms with Gasteiger partial charge in [0.15, 0.2) is 4.32 Å². The minimum Gasteiger partial charge on any atom is -0.344 e. The van der Waals surface area contributed by atoms with Gasteiger partial charge in [-0.2, -0.15) is 0 Å². The highest BCUT2D eigenvalue weighted by Crippen LogP contribution is 2.38. The van der Waals surface area contributed by atoms with Crippen LogP contribution in [0.25, 0.3) is 17.0 Å². The zero-order valence-corrected chi connectivity index (χ0v) is 18.0. The number of nitrogens with zero attached hydrogens (tertiary/aromatic N) is 2. The number of carbonyl (C=O) groups excluding carboxylic acids is 1. The monoisotopic (exact) mass is 406 g/mol. The quantitative estimate of drug-likeness (QED) is 0.380. The van der Waals surface area contributed by atoms with Crippen LogP contribution in [0.15, 0.2) is 53.6 Å². The van der Waals surface area contributed by atoms with Crippen molar-refractivity contribution in [1.29, 1.82) is 0 Å². The molecule has 4 rings (SSSR count). The van der Waals surface area contributed by atoms with Gasteiger partial charge in [-0.1, -0.05) is 48.2 Å². The van der Waals surface area contributed by atoms with Crippen molar-refractivity contribution in [2.45, 2.75) is 33.7 Å². The van der Waals surface area contributed by atoms with Crippen LogP contribution in [0.3, 0.4) is 0 Å². The summed E-state index contributed by atoms with van der Waals surface area (Å²) in [5.41, 5.74) is 5.40. The van der Waals surface area contributed by atoms with E-state index in [1.165, 1.54) is 22.8 Å². The Morgan fingerprint density at radius 3 is 2.54 bits per heavy atom. The van der Waals surface area contributed by atoms with Crippen molar-refractivity contribution in [3.8, 4) is 0 Å². The molecule has 0 N–H and O–H groups in total. The highest BCUT2D eigenvalue weighted by atomic mass is 32.2. The SMILES string of the molecule is Cc1ccc(N2C(=O)/C(=C\c3cn(C(C)C)c4ccccc34)SC2=S)cc1C. The lowest BCUT2D eigenvalue weighted by molar-refractivity contribution is -0.113. The summed E-state index contributed by atoms with van der Waals surface area (Å²) in [4.78, 5) is 15.4. The van der Waals surface area contributed by atoms with Crippen LogP contribution in [-0.2, 0) is 4.79 Å². The molecule has 142 valence electrons. The number of para-hydroxylation sites is 1. The molecule has 0 atom stereocenters. The van der Waals surface area contributed by atoms with Crippen LogP contribution in [-0.4, -0.2) is 14.8 Å². The summed E-state index contributed by atoms with van der Waals surface area (Å²) in [6.07, 6.45) is 4.10. The van der Waals surface area contributed by atoms with E-state index in [1.807, 2.05) is 43.3 Å². The largest absolute Gasteiger partial charge is 0.344 e. The predicted octanol–water partition coefficient (Wildman–Crippen LogP) is 6.24. The molecular formula is C23H22N2OS2. The minimum atomic E-state index is -0.0559. The average Bonchev–Trinajstić information content (AvgIpc) is 3.16. The number of rotatable bonds is 3. The number of aromatic nitrogens is 1. The Balaban J connectivity index is 1.76. The summed E-state index contributed by atoms with van der Waals surface area (Å²) in [7, 11) is 0. The van der Waals surface area contributed by atoms with E-state index in [1.54, 1.807) is 4.90 Å². The molecule has 1 saturated heterocycles. The summed E-state index contributed by atoms with van der Waals surface area (Å²) in [5, 5.41) is 1.15. The highest BCUT2D eigenvalue weighted by molar-refractivity contribution is 8.27. The lowest BCUT2D eigenvalue weighted by atomic mass is 10.1. The summed E-state index contributed by atoms with van der Waals surface area (Å²) >= 11 is 6.90. The molecule has 1 aromatic heterocycles. The van der Waals surface area contributed by atoms with Crippen molar-refractivity contribution >= 4 is 56.9 Å². The Hall–Kier alpha value is -2.37. The summed E-state index contributed by atoms with van der Waals surface area (Å²) in [6, 6.07) is 14.7. The molecule has 0 radical (unpaired) electrons. The number of aryl methyl sites for hydroxylation is 2. The maximum absolute atomic E-state index is 13.1. The van der Waals surface area contributed by atoms with Gasteiger partial charge in [0.05, 0.1) is 10.6 Å². The number of hydrogen-bond donors (Lipinski definition) is 0. The van der Waals surface area contributed by atoms with Gasteiger partial charge in [0.25, 0.3) is 5.91 Å². The standard InChI is InChI=1S/C23H22N2OS2/c1-14(2)24-13-17(19-7-5-6-8-20(19)24)12-21-22(26)25(23(27)28-21)18-10-9-15(3)16(4)11-18/h5-14H,1-4H3/b21-12+. The molecule has 1 amide bonds. The van der Waals surface area contributed by atoms with E-state index >= 15 is 0 Å². The number of benzene rings is 2. The summed E-state index contributed by atoms with van der Waals surface area (Å²) in [5.74, 6) is -0.0559. The maximum atomic E-state index is 13.1. The lowest BCUT2D eigenvalue weighted by Gasteiger charge is -2.15. The second-order valence-corrected chi connectivity index (χ2v) is 9.06. The van der Waals surface area contributed by atoms with Gasteiger partial charge in [-0.25, -0.2) is 0 Å². The fraction of sp³-hybridized carbons (Fsp3) is 0.217. The number of carbonyl (C=O) groups is 1. The fourth-order valence-electron chi connectivity index (χ4n) is 3.47. The smallest absolute Gasteiger partial charge is 0.270 e. The zero-order chi connectivity index (χ0) is 20.0. The van der Waals surface area contributed by atoms with Gasteiger partial charge in [-0.3, -0.25) is 9.69 Å². The molecule has 0 saturated carbocycles. The number of thioether (sulfide) groups is 1. The molecule has 1 aliphatic rings. The lowest BCUT2D eigenvalue weighted by Crippen LogP contribution is -2.27. The predicted molar refractivity (Wildman–Crippen MR) is 124 cm³/mol. The Labute approximate surface area is 175 Å². The molecule has 3 aromatic rings. The molecular weight excluding hydrogens is 384 g/mol. The number of thiocarbonyl (C=S) groups is 1. The fourth-order valence-corrected chi connectivity index (χ4v) is 4.76. The zero-order valence-electron chi connectivity index (χ0n) is 16.4. The van der Waals surface area contributed by atoms with E-state index in [0.717, 1.165) is 22.2 Å². The number of hydrogen-bond acceptors (Lipinski definition) is 3. The molecule has 2 aromatic carbocycles. The molecule has 28 heavy (non-hydrogen) atoms. The second-order valence-electron chi connectivity index (χ2n) is 7.39. The van der Waals surface area contributed by atoms with Crippen LogP contribution < -0.4 is 4.90 Å². The van der Waals surface area contributed by atoms with Gasteiger partial charge in [0, 0.05) is 28.7 Å². The van der Waals surface area contributed by atoms with Crippen LogP contribution in [0, 0.1) is 13.8 Å². The van der Waals surface area contributed by atoms with Crippen LogP contribution in [0.4, 0.5) is 5.69 Å². The van der Waals surface area contributed by atoms with Gasteiger partial charge in [0.2, 0.25) is 0 Å². The normalized spacial score (nSPS) is 16.2. The van der Waals surface area contributed by atoms with E-state index < -0.39 is 0 Å². The molecule has 0 spiro atoms. The van der Waals surface area contributed by atoms with Crippen molar-refractivity contribution in [2.75, 3.05) is 4.90 Å². The van der Waals surface area contributed by atoms with Gasteiger partial charge in [-0.05, 0) is 63.1 Å². The first-order valence-corrected chi connectivity index (χ1v) is 10.5. The first-order valence-electron chi connectivity index (χ1n) is 9.31. The summed E-state index contributed by atoms with van der Waals surface area (Å²) < 4.78 is 2.82. The van der Waals surface area contributed by atoms with E-state index in [9.17, 15) is 4.79 Å². The van der Waals surface area contributed by atoms with Crippen LogP contribution in [0.2, 0.25) is 0 Å². The Morgan fingerprint density at radius 1 is 1.07 bits per heavy atom. The van der Waals surface area contributed by atoms with Crippen molar-refractivity contribution in [3.05, 3.63) is 70.3 Å². The second kappa shape index (κ2) is 7.22. The maximum Gasteiger partial charge on any atom is 0.270 e. The van der Waals surface area contributed by atoms with Crippen molar-refractivity contribution < 1.29 is 4.79 Å². The third kappa shape index (κ3) is 3.19. The van der Waals surface area contributed by atoms with E-state index in [0.29, 0.717) is 15.3 Å². The average molecular weight is 407 g/mol. The topological polar surface area (TPSA) is 25.2 Å². The molecule has 1 aliphatic heterocycles. The minimum absolute atomic E-state index is 0.0559. The Bertz CT molecular complexity index is 1140. The first-order chi connectivity index (χ1) is 13.4. The third-order valence-electron chi connectivity index (χ3n) is 5.16. The van der Waals surface area contributed by atoms with E-state index in [2.05, 4.69) is 43.7 Å². The van der Waals surface area contributed by atoms with Gasteiger partial charge >= 0.3 is 0 Å². The highest BCUT2D eigenvalue weighted by Gasteiger charge is 2.33. The van der Waals surface area contributed by atoms with Crippen LogP contribution >= 0.6 is 24.0 Å². The third-order valence-corrected chi connectivity index (χ3v) is 6.46. The van der Waals surface area contributed by atoms with Crippen LogP contribution in [0.1, 0.15) is 36.6 Å². The Kier molecular flexibility index (Phi) is 4.89. The summed E-state index contributed by atoms with van der Waals surface area (Å²) in [6.45, 7) is 8.44. The number of anilines is 1. The molecule has 0 aliphatic carbocycles. The molecule has 0 unspecified atom stereocenters. The van der Waals surface area contributed by atoms with Gasteiger partial charge in [-0.15, -0.1) is 0 Å². The van der Waals surface area contributed by atoms with Crippen LogP contribution in [0.5, 0.6) is 0 Å². The van der Waals surface area contributed by atoms with Gasteiger partial charge in [0.1, 0.15) is 0 Å². The number of amides is 1. The molecule has 5 heteroatoms. The molecule has 2 heterocycles.